The summed E-state index contributed by atoms with van der Waals surface area (Å²) in [5, 5.41) is 9.39. The molecule has 2 fully saturated rings. The fourth-order valence-corrected chi connectivity index (χ4v) is 2.20. The van der Waals surface area contributed by atoms with E-state index in [2.05, 4.69) is 0 Å². The minimum absolute atomic E-state index is 0.0506. The largest absolute Gasteiger partial charge is 0.366 e. The molecule has 2 atom stereocenters. The van der Waals surface area contributed by atoms with E-state index < -0.39 is 6.29 Å². The number of rotatable bonds is 1. The second kappa shape index (κ2) is 3.73. The van der Waals surface area contributed by atoms with Gasteiger partial charge < -0.3 is 14.6 Å². The van der Waals surface area contributed by atoms with Gasteiger partial charge in [0.15, 0.2) is 13.1 Å². The van der Waals surface area contributed by atoms with Gasteiger partial charge in [-0.3, -0.25) is 0 Å². The molecule has 2 aliphatic rings. The van der Waals surface area contributed by atoms with E-state index >= 15 is 0 Å². The van der Waals surface area contributed by atoms with Crippen molar-refractivity contribution in [1.82, 2.24) is 0 Å². The second-order valence-electron chi connectivity index (χ2n) is 3.70. The Labute approximate surface area is 72.7 Å². The van der Waals surface area contributed by atoms with Crippen molar-refractivity contribution in [2.75, 3.05) is 6.79 Å². The van der Waals surface area contributed by atoms with E-state index in [1.807, 2.05) is 0 Å². The van der Waals surface area contributed by atoms with Crippen LogP contribution in [-0.2, 0) is 9.47 Å². The Kier molecular flexibility index (Phi) is 2.63. The average Bonchev–Trinajstić information content (AvgIpc) is 2.53. The lowest BCUT2D eigenvalue weighted by molar-refractivity contribution is -0.0778. The van der Waals surface area contributed by atoms with Crippen molar-refractivity contribution in [2.24, 2.45) is 5.92 Å². The molecule has 1 heterocycles. The van der Waals surface area contributed by atoms with E-state index in [1.54, 1.807) is 0 Å². The normalized spacial score (nSPS) is 38.8. The molecule has 1 N–H and O–H groups in total. The monoisotopic (exact) mass is 172 g/mol. The first-order chi connectivity index (χ1) is 5.88. The standard InChI is InChI=1S/C9H16O3/c10-9-8(11-6-12-9)7-4-2-1-3-5-7/h7-10H,1-6H2/t8-,9+/m1/s1. The van der Waals surface area contributed by atoms with Crippen molar-refractivity contribution in [2.45, 2.75) is 44.5 Å². The average molecular weight is 172 g/mol. The first kappa shape index (κ1) is 8.48. The molecule has 1 saturated carbocycles. The smallest absolute Gasteiger partial charge is 0.184 e. The van der Waals surface area contributed by atoms with Gasteiger partial charge in [0.1, 0.15) is 6.10 Å². The van der Waals surface area contributed by atoms with Crippen LogP contribution in [0.25, 0.3) is 0 Å². The molecule has 0 unspecified atom stereocenters. The summed E-state index contributed by atoms with van der Waals surface area (Å²) in [6, 6.07) is 0. The Hall–Kier alpha value is -0.120. The molecule has 12 heavy (non-hydrogen) atoms. The maximum absolute atomic E-state index is 9.39. The molecule has 0 bridgehead atoms. The van der Waals surface area contributed by atoms with E-state index in [-0.39, 0.29) is 12.9 Å². The molecule has 3 nitrogen and oxygen atoms in total. The summed E-state index contributed by atoms with van der Waals surface area (Å²) in [6.07, 6.45) is 5.53. The SMILES string of the molecule is O[C@H]1OCO[C@@H]1C1CCCCC1. The molecule has 1 aliphatic heterocycles. The van der Waals surface area contributed by atoms with Crippen LogP contribution in [0.3, 0.4) is 0 Å². The summed E-state index contributed by atoms with van der Waals surface area (Å²) < 4.78 is 10.3. The van der Waals surface area contributed by atoms with E-state index in [0.29, 0.717) is 5.92 Å². The van der Waals surface area contributed by atoms with Crippen LogP contribution in [0.2, 0.25) is 0 Å². The summed E-state index contributed by atoms with van der Waals surface area (Å²) in [6.45, 7) is 0.266. The highest BCUT2D eigenvalue weighted by atomic mass is 16.8. The molecule has 1 aliphatic carbocycles. The van der Waals surface area contributed by atoms with Crippen LogP contribution in [0.15, 0.2) is 0 Å². The lowest BCUT2D eigenvalue weighted by Gasteiger charge is -2.27. The number of aliphatic hydroxyl groups is 1. The summed E-state index contributed by atoms with van der Waals surface area (Å²) in [4.78, 5) is 0. The molecule has 0 radical (unpaired) electrons. The van der Waals surface area contributed by atoms with Gasteiger partial charge in [-0.05, 0) is 18.8 Å². The predicted molar refractivity (Wildman–Crippen MR) is 43.4 cm³/mol. The Balaban J connectivity index is 1.89. The first-order valence-corrected chi connectivity index (χ1v) is 4.79. The van der Waals surface area contributed by atoms with Crippen molar-refractivity contribution in [3.05, 3.63) is 0 Å². The lowest BCUT2D eigenvalue weighted by atomic mass is 9.85. The Bertz CT molecular complexity index is 143. The third kappa shape index (κ3) is 1.63. The minimum atomic E-state index is -0.673. The molecule has 0 amide bonds. The number of aliphatic hydroxyl groups excluding tert-OH is 1. The first-order valence-electron chi connectivity index (χ1n) is 4.79. The van der Waals surface area contributed by atoms with Crippen molar-refractivity contribution < 1.29 is 14.6 Å². The van der Waals surface area contributed by atoms with Gasteiger partial charge >= 0.3 is 0 Å². The fraction of sp³-hybridized carbons (Fsp3) is 1.00. The van der Waals surface area contributed by atoms with Crippen LogP contribution in [0, 0.1) is 5.92 Å². The van der Waals surface area contributed by atoms with Crippen LogP contribution in [-0.4, -0.2) is 24.3 Å². The third-order valence-electron chi connectivity index (χ3n) is 2.89. The van der Waals surface area contributed by atoms with Gasteiger partial charge in [-0.25, -0.2) is 0 Å². The van der Waals surface area contributed by atoms with Crippen LogP contribution in [0.5, 0.6) is 0 Å². The van der Waals surface area contributed by atoms with Gasteiger partial charge in [-0.2, -0.15) is 0 Å². The minimum Gasteiger partial charge on any atom is -0.366 e. The highest BCUT2D eigenvalue weighted by Crippen LogP contribution is 2.31. The van der Waals surface area contributed by atoms with Gasteiger partial charge in [0, 0.05) is 0 Å². The molecular formula is C9H16O3. The van der Waals surface area contributed by atoms with Crippen LogP contribution >= 0.6 is 0 Å². The van der Waals surface area contributed by atoms with Gasteiger partial charge in [-0.1, -0.05) is 19.3 Å². The van der Waals surface area contributed by atoms with Crippen LogP contribution in [0.4, 0.5) is 0 Å². The van der Waals surface area contributed by atoms with Gasteiger partial charge in [0.05, 0.1) is 0 Å². The van der Waals surface area contributed by atoms with Gasteiger partial charge in [0.25, 0.3) is 0 Å². The highest BCUT2D eigenvalue weighted by Gasteiger charge is 2.34. The molecule has 70 valence electrons. The van der Waals surface area contributed by atoms with E-state index in [9.17, 15) is 5.11 Å². The maximum atomic E-state index is 9.39. The molecule has 3 heteroatoms. The quantitative estimate of drug-likeness (QED) is 0.647. The molecule has 0 aromatic carbocycles. The maximum Gasteiger partial charge on any atom is 0.184 e. The van der Waals surface area contributed by atoms with E-state index in [0.717, 1.165) is 0 Å². The van der Waals surface area contributed by atoms with E-state index in [1.165, 1.54) is 32.1 Å². The number of hydrogen-bond acceptors (Lipinski definition) is 3. The zero-order valence-corrected chi connectivity index (χ0v) is 7.24. The van der Waals surface area contributed by atoms with Gasteiger partial charge in [-0.15, -0.1) is 0 Å². The Morgan fingerprint density at radius 2 is 1.75 bits per heavy atom. The summed E-state index contributed by atoms with van der Waals surface area (Å²) in [7, 11) is 0. The molecule has 0 aromatic rings. The summed E-state index contributed by atoms with van der Waals surface area (Å²) in [5.74, 6) is 0.524. The van der Waals surface area contributed by atoms with E-state index in [4.69, 9.17) is 9.47 Å². The highest BCUT2D eigenvalue weighted by molar-refractivity contribution is 4.78. The third-order valence-corrected chi connectivity index (χ3v) is 2.89. The Morgan fingerprint density at radius 3 is 2.33 bits per heavy atom. The van der Waals surface area contributed by atoms with Crippen molar-refractivity contribution in [1.29, 1.82) is 0 Å². The van der Waals surface area contributed by atoms with Crippen molar-refractivity contribution in [3.8, 4) is 0 Å². The van der Waals surface area contributed by atoms with Crippen LogP contribution in [0.1, 0.15) is 32.1 Å². The Morgan fingerprint density at radius 1 is 1.00 bits per heavy atom. The zero-order chi connectivity index (χ0) is 8.39. The number of ether oxygens (including phenoxy) is 2. The summed E-state index contributed by atoms with van der Waals surface area (Å²) >= 11 is 0. The number of hydrogen-bond donors (Lipinski definition) is 1. The van der Waals surface area contributed by atoms with Crippen molar-refractivity contribution >= 4 is 0 Å². The second-order valence-corrected chi connectivity index (χ2v) is 3.70. The molecular weight excluding hydrogens is 156 g/mol. The molecule has 2 rings (SSSR count). The molecule has 0 spiro atoms. The summed E-state index contributed by atoms with van der Waals surface area (Å²) in [5.41, 5.74) is 0. The molecule has 0 aromatic heterocycles. The van der Waals surface area contributed by atoms with Crippen LogP contribution < -0.4 is 0 Å². The fourth-order valence-electron chi connectivity index (χ4n) is 2.20. The van der Waals surface area contributed by atoms with Gasteiger partial charge in [0.2, 0.25) is 0 Å². The van der Waals surface area contributed by atoms with Crippen molar-refractivity contribution in [3.63, 3.8) is 0 Å². The zero-order valence-electron chi connectivity index (χ0n) is 7.24. The predicted octanol–water partition coefficient (Wildman–Crippen LogP) is 1.26. The topological polar surface area (TPSA) is 38.7 Å². The lowest BCUT2D eigenvalue weighted by Crippen LogP contribution is -2.31. The molecule has 1 saturated heterocycles.